The van der Waals surface area contributed by atoms with Crippen molar-refractivity contribution in [1.82, 2.24) is 0 Å². The third-order valence-corrected chi connectivity index (χ3v) is 3.63. The summed E-state index contributed by atoms with van der Waals surface area (Å²) in [6, 6.07) is 13.1. The predicted molar refractivity (Wildman–Crippen MR) is 79.4 cm³/mol. The summed E-state index contributed by atoms with van der Waals surface area (Å²) in [4.78, 5) is 12.3. The van der Waals surface area contributed by atoms with Crippen molar-refractivity contribution in [3.8, 4) is 5.75 Å². The normalized spacial score (nSPS) is 16.4. The van der Waals surface area contributed by atoms with Gasteiger partial charge in [-0.15, -0.1) is 0 Å². The molecule has 3 nitrogen and oxygen atoms in total. The van der Waals surface area contributed by atoms with Crippen molar-refractivity contribution in [2.75, 3.05) is 5.32 Å². The molecular formula is C16H14ClNO2. The van der Waals surface area contributed by atoms with Crippen LogP contribution in [0.5, 0.6) is 5.75 Å². The van der Waals surface area contributed by atoms with Crippen LogP contribution in [0.1, 0.15) is 11.1 Å². The van der Waals surface area contributed by atoms with E-state index in [1.165, 1.54) is 0 Å². The van der Waals surface area contributed by atoms with E-state index in [0.29, 0.717) is 11.4 Å². The van der Waals surface area contributed by atoms with Crippen molar-refractivity contribution in [2.45, 2.75) is 19.4 Å². The molecule has 2 aromatic rings. The molecular weight excluding hydrogens is 274 g/mol. The smallest absolute Gasteiger partial charge is 0.265 e. The lowest BCUT2D eigenvalue weighted by molar-refractivity contribution is -0.122. The second-order valence-electron chi connectivity index (χ2n) is 4.87. The van der Waals surface area contributed by atoms with Crippen LogP contribution in [0.15, 0.2) is 42.5 Å². The first kappa shape index (κ1) is 13.0. The summed E-state index contributed by atoms with van der Waals surface area (Å²) in [5, 5.41) is 3.48. The molecule has 1 aliphatic heterocycles. The highest BCUT2D eigenvalue weighted by molar-refractivity contribution is 6.31. The van der Waals surface area contributed by atoms with Crippen LogP contribution >= 0.6 is 11.6 Å². The molecule has 0 unspecified atom stereocenters. The first-order chi connectivity index (χ1) is 9.63. The SMILES string of the molecule is Cc1ccc(Cl)cc1NC(=O)[C@H]1Cc2ccccc2O1. The Morgan fingerprint density at radius 2 is 2.10 bits per heavy atom. The molecule has 1 atom stereocenters. The monoisotopic (exact) mass is 287 g/mol. The molecule has 0 bridgehead atoms. The quantitative estimate of drug-likeness (QED) is 0.917. The van der Waals surface area contributed by atoms with Crippen molar-refractivity contribution < 1.29 is 9.53 Å². The van der Waals surface area contributed by atoms with Crippen molar-refractivity contribution >= 4 is 23.2 Å². The van der Waals surface area contributed by atoms with Gasteiger partial charge in [-0.3, -0.25) is 4.79 Å². The Labute approximate surface area is 122 Å². The molecule has 0 fully saturated rings. The van der Waals surface area contributed by atoms with Gasteiger partial charge in [0.05, 0.1) is 0 Å². The lowest BCUT2D eigenvalue weighted by Gasteiger charge is -2.13. The second kappa shape index (κ2) is 5.17. The van der Waals surface area contributed by atoms with E-state index in [-0.39, 0.29) is 5.91 Å². The van der Waals surface area contributed by atoms with Crippen molar-refractivity contribution in [3.05, 3.63) is 58.6 Å². The van der Waals surface area contributed by atoms with E-state index >= 15 is 0 Å². The highest BCUT2D eigenvalue weighted by Crippen LogP contribution is 2.29. The van der Waals surface area contributed by atoms with Gasteiger partial charge in [0.15, 0.2) is 6.10 Å². The number of aryl methyl sites for hydroxylation is 1. The summed E-state index contributed by atoms with van der Waals surface area (Å²) >= 11 is 5.95. The van der Waals surface area contributed by atoms with Gasteiger partial charge in [0.1, 0.15) is 5.75 Å². The molecule has 102 valence electrons. The van der Waals surface area contributed by atoms with Gasteiger partial charge in [0.2, 0.25) is 0 Å². The standard InChI is InChI=1S/C16H14ClNO2/c1-10-6-7-12(17)9-13(10)18-16(19)15-8-11-4-2-3-5-14(11)20-15/h2-7,9,15H,8H2,1H3,(H,18,19)/t15-/m1/s1. The molecule has 1 heterocycles. The summed E-state index contributed by atoms with van der Waals surface area (Å²) in [7, 11) is 0. The molecule has 0 aromatic heterocycles. The number of ether oxygens (including phenoxy) is 1. The number of nitrogens with one attached hydrogen (secondary N) is 1. The molecule has 20 heavy (non-hydrogen) atoms. The van der Waals surface area contributed by atoms with Gasteiger partial charge in [0, 0.05) is 17.1 Å². The Balaban J connectivity index is 1.74. The average molecular weight is 288 g/mol. The number of hydrogen-bond donors (Lipinski definition) is 1. The number of rotatable bonds is 2. The highest BCUT2D eigenvalue weighted by atomic mass is 35.5. The Morgan fingerprint density at radius 1 is 1.30 bits per heavy atom. The maximum atomic E-state index is 12.3. The van der Waals surface area contributed by atoms with E-state index in [0.717, 1.165) is 22.6 Å². The van der Waals surface area contributed by atoms with Crippen LogP contribution < -0.4 is 10.1 Å². The maximum Gasteiger partial charge on any atom is 0.265 e. The van der Waals surface area contributed by atoms with Gasteiger partial charge in [-0.25, -0.2) is 0 Å². The van der Waals surface area contributed by atoms with Crippen LogP contribution in [0.4, 0.5) is 5.69 Å². The number of hydrogen-bond acceptors (Lipinski definition) is 2. The molecule has 0 saturated heterocycles. The topological polar surface area (TPSA) is 38.3 Å². The van der Waals surface area contributed by atoms with Crippen LogP contribution in [0.25, 0.3) is 0 Å². The van der Waals surface area contributed by atoms with E-state index in [2.05, 4.69) is 5.32 Å². The van der Waals surface area contributed by atoms with Crippen molar-refractivity contribution in [3.63, 3.8) is 0 Å². The number of amides is 1. The van der Waals surface area contributed by atoms with Crippen LogP contribution in [-0.4, -0.2) is 12.0 Å². The Kier molecular flexibility index (Phi) is 3.36. The first-order valence-electron chi connectivity index (χ1n) is 6.45. The number of carbonyl (C=O) groups excluding carboxylic acids is 1. The summed E-state index contributed by atoms with van der Waals surface area (Å²) in [6.07, 6.45) is 0.118. The number of carbonyl (C=O) groups is 1. The minimum atomic E-state index is -0.481. The van der Waals surface area contributed by atoms with E-state index in [1.807, 2.05) is 37.3 Å². The molecule has 0 radical (unpaired) electrons. The highest BCUT2D eigenvalue weighted by Gasteiger charge is 2.28. The number of fused-ring (bicyclic) bond motifs is 1. The molecule has 1 aliphatic rings. The first-order valence-corrected chi connectivity index (χ1v) is 6.83. The Morgan fingerprint density at radius 3 is 2.90 bits per heavy atom. The lowest BCUT2D eigenvalue weighted by Crippen LogP contribution is -2.31. The largest absolute Gasteiger partial charge is 0.480 e. The number of para-hydroxylation sites is 1. The molecule has 0 aliphatic carbocycles. The zero-order valence-electron chi connectivity index (χ0n) is 11.0. The minimum Gasteiger partial charge on any atom is -0.480 e. The molecule has 1 N–H and O–H groups in total. The fourth-order valence-electron chi connectivity index (χ4n) is 2.27. The average Bonchev–Trinajstić information content (AvgIpc) is 2.87. The molecule has 1 amide bonds. The summed E-state index contributed by atoms with van der Waals surface area (Å²) < 4.78 is 5.67. The van der Waals surface area contributed by atoms with Gasteiger partial charge in [-0.05, 0) is 36.2 Å². The van der Waals surface area contributed by atoms with Crippen LogP contribution in [0.2, 0.25) is 5.02 Å². The fraction of sp³-hybridized carbons (Fsp3) is 0.188. The molecule has 3 rings (SSSR count). The number of halogens is 1. The van der Waals surface area contributed by atoms with E-state index < -0.39 is 6.10 Å². The predicted octanol–water partition coefficient (Wildman–Crippen LogP) is 3.59. The second-order valence-corrected chi connectivity index (χ2v) is 5.30. The van der Waals surface area contributed by atoms with E-state index in [9.17, 15) is 4.79 Å². The van der Waals surface area contributed by atoms with Gasteiger partial charge < -0.3 is 10.1 Å². The van der Waals surface area contributed by atoms with Crippen LogP contribution in [-0.2, 0) is 11.2 Å². The van der Waals surface area contributed by atoms with E-state index in [1.54, 1.807) is 12.1 Å². The molecule has 4 heteroatoms. The lowest BCUT2D eigenvalue weighted by atomic mass is 10.1. The minimum absolute atomic E-state index is 0.147. The van der Waals surface area contributed by atoms with Gasteiger partial charge >= 0.3 is 0 Å². The fourth-order valence-corrected chi connectivity index (χ4v) is 2.44. The van der Waals surface area contributed by atoms with Crippen molar-refractivity contribution in [2.24, 2.45) is 0 Å². The zero-order chi connectivity index (χ0) is 14.1. The van der Waals surface area contributed by atoms with Gasteiger partial charge in [-0.1, -0.05) is 35.9 Å². The Bertz CT molecular complexity index is 644. The summed E-state index contributed by atoms with van der Waals surface area (Å²) in [6.45, 7) is 1.93. The maximum absolute atomic E-state index is 12.3. The van der Waals surface area contributed by atoms with Crippen LogP contribution in [0.3, 0.4) is 0 Å². The van der Waals surface area contributed by atoms with Gasteiger partial charge in [0.25, 0.3) is 5.91 Å². The third-order valence-electron chi connectivity index (χ3n) is 3.40. The Hall–Kier alpha value is -2.00. The molecule has 0 saturated carbocycles. The summed E-state index contributed by atoms with van der Waals surface area (Å²) in [5.41, 5.74) is 2.76. The van der Waals surface area contributed by atoms with Crippen molar-refractivity contribution in [1.29, 1.82) is 0 Å². The summed E-state index contributed by atoms with van der Waals surface area (Å²) in [5.74, 6) is 0.641. The number of benzene rings is 2. The molecule has 2 aromatic carbocycles. The van der Waals surface area contributed by atoms with Crippen LogP contribution in [0, 0.1) is 6.92 Å². The van der Waals surface area contributed by atoms with E-state index in [4.69, 9.17) is 16.3 Å². The van der Waals surface area contributed by atoms with Gasteiger partial charge in [-0.2, -0.15) is 0 Å². The zero-order valence-corrected chi connectivity index (χ0v) is 11.8. The third kappa shape index (κ3) is 2.49. The molecule has 0 spiro atoms. The number of anilines is 1.